The number of carbonyl (C=O) groups excluding carboxylic acids is 1. The number of hydrogen-bond donors (Lipinski definition) is 1. The highest BCUT2D eigenvalue weighted by Crippen LogP contribution is 2.15. The van der Waals surface area contributed by atoms with E-state index in [-0.39, 0.29) is 5.91 Å². The van der Waals surface area contributed by atoms with Crippen molar-refractivity contribution in [3.8, 4) is 0 Å². The summed E-state index contributed by atoms with van der Waals surface area (Å²) in [6, 6.07) is 16.8. The second-order valence-corrected chi connectivity index (χ2v) is 5.76. The summed E-state index contributed by atoms with van der Waals surface area (Å²) in [5.74, 6) is 0.494. The third kappa shape index (κ3) is 3.79. The number of anilines is 1. The summed E-state index contributed by atoms with van der Waals surface area (Å²) in [6.07, 6.45) is 1.66. The molecule has 0 saturated carbocycles. The number of nitrogens with zero attached hydrogens (tertiary/aromatic N) is 2. The van der Waals surface area contributed by atoms with E-state index in [1.54, 1.807) is 16.9 Å². The van der Waals surface area contributed by atoms with Crippen LogP contribution in [0.4, 0.5) is 5.82 Å². The molecule has 23 heavy (non-hydrogen) atoms. The van der Waals surface area contributed by atoms with Crippen LogP contribution in [0.25, 0.3) is 0 Å². The zero-order valence-corrected chi connectivity index (χ0v) is 13.4. The van der Waals surface area contributed by atoms with Gasteiger partial charge in [0.15, 0.2) is 0 Å². The lowest BCUT2D eigenvalue weighted by molar-refractivity contribution is 0.102. The number of rotatable bonds is 4. The Kier molecular flexibility index (Phi) is 4.44. The van der Waals surface area contributed by atoms with Crippen molar-refractivity contribution in [1.29, 1.82) is 0 Å². The van der Waals surface area contributed by atoms with Crippen LogP contribution in [0.2, 0.25) is 5.02 Å². The van der Waals surface area contributed by atoms with Gasteiger partial charge in [-0.3, -0.25) is 4.79 Å². The van der Waals surface area contributed by atoms with Crippen molar-refractivity contribution in [3.63, 3.8) is 0 Å². The van der Waals surface area contributed by atoms with Gasteiger partial charge in [-0.25, -0.2) is 4.68 Å². The minimum atomic E-state index is -0.155. The predicted octanol–water partition coefficient (Wildman–Crippen LogP) is 4.15. The average Bonchev–Trinajstić information content (AvgIpc) is 2.95. The normalized spacial score (nSPS) is 10.5. The van der Waals surface area contributed by atoms with E-state index in [2.05, 4.69) is 10.4 Å². The van der Waals surface area contributed by atoms with Gasteiger partial charge in [0.1, 0.15) is 5.82 Å². The second-order valence-electron chi connectivity index (χ2n) is 5.32. The van der Waals surface area contributed by atoms with Gasteiger partial charge in [0.2, 0.25) is 0 Å². The van der Waals surface area contributed by atoms with Crippen LogP contribution in [0, 0.1) is 6.92 Å². The molecule has 3 aromatic rings. The Bertz CT molecular complexity index is 824. The van der Waals surface area contributed by atoms with Gasteiger partial charge in [-0.05, 0) is 36.8 Å². The van der Waals surface area contributed by atoms with E-state index in [1.807, 2.05) is 55.5 Å². The zero-order valence-electron chi connectivity index (χ0n) is 12.7. The Morgan fingerprint density at radius 2 is 1.96 bits per heavy atom. The van der Waals surface area contributed by atoms with Crippen LogP contribution in [-0.4, -0.2) is 15.7 Å². The van der Waals surface area contributed by atoms with Crippen molar-refractivity contribution in [2.75, 3.05) is 5.32 Å². The summed E-state index contributed by atoms with van der Waals surface area (Å²) < 4.78 is 1.73. The molecule has 1 aromatic heterocycles. The highest BCUT2D eigenvalue weighted by molar-refractivity contribution is 6.30. The number of benzene rings is 2. The molecule has 0 aliphatic rings. The summed E-state index contributed by atoms with van der Waals surface area (Å²) in [6.45, 7) is 2.53. The van der Waals surface area contributed by atoms with Gasteiger partial charge in [-0.15, -0.1) is 0 Å². The Labute approximate surface area is 139 Å². The third-order valence-corrected chi connectivity index (χ3v) is 3.73. The highest BCUT2D eigenvalue weighted by Gasteiger charge is 2.10. The summed E-state index contributed by atoms with van der Waals surface area (Å²) in [5, 5.41) is 7.83. The fraction of sp³-hybridized carbons (Fsp3) is 0.111. The smallest absolute Gasteiger partial charge is 0.256 e. The Morgan fingerprint density at radius 3 is 2.70 bits per heavy atom. The Balaban J connectivity index is 1.75. The first-order valence-corrected chi connectivity index (χ1v) is 7.64. The van der Waals surface area contributed by atoms with E-state index >= 15 is 0 Å². The second kappa shape index (κ2) is 6.67. The van der Waals surface area contributed by atoms with Gasteiger partial charge < -0.3 is 5.32 Å². The van der Waals surface area contributed by atoms with Crippen LogP contribution in [0.3, 0.4) is 0 Å². The van der Waals surface area contributed by atoms with Crippen molar-refractivity contribution >= 4 is 23.3 Å². The number of amides is 1. The van der Waals surface area contributed by atoms with Gasteiger partial charge in [0.25, 0.3) is 5.91 Å². The summed E-state index contributed by atoms with van der Waals surface area (Å²) in [7, 11) is 0. The third-order valence-electron chi connectivity index (χ3n) is 3.49. The van der Waals surface area contributed by atoms with E-state index in [1.165, 1.54) is 0 Å². The van der Waals surface area contributed by atoms with Crippen LogP contribution >= 0.6 is 11.6 Å². The lowest BCUT2D eigenvalue weighted by Crippen LogP contribution is -2.16. The first-order valence-electron chi connectivity index (χ1n) is 7.26. The molecule has 0 radical (unpaired) electrons. The minimum Gasteiger partial charge on any atom is -0.307 e. The van der Waals surface area contributed by atoms with Gasteiger partial charge in [0.05, 0.1) is 12.7 Å². The molecule has 116 valence electrons. The van der Waals surface area contributed by atoms with Gasteiger partial charge in [0, 0.05) is 16.7 Å². The molecule has 0 spiro atoms. The molecule has 5 heteroatoms. The maximum absolute atomic E-state index is 12.3. The number of carbonyl (C=O) groups is 1. The lowest BCUT2D eigenvalue weighted by atomic mass is 10.1. The minimum absolute atomic E-state index is 0.155. The monoisotopic (exact) mass is 325 g/mol. The van der Waals surface area contributed by atoms with Crippen molar-refractivity contribution in [2.45, 2.75) is 13.5 Å². The molecule has 4 nitrogen and oxygen atoms in total. The standard InChI is InChI=1S/C18H16ClN3O/c1-13-5-7-15(8-6-13)18(23)21-17-9-10-20-22(17)12-14-3-2-4-16(19)11-14/h2-11H,12H2,1H3,(H,21,23). The van der Waals surface area contributed by atoms with Crippen molar-refractivity contribution in [1.82, 2.24) is 9.78 Å². The van der Waals surface area contributed by atoms with Crippen molar-refractivity contribution < 1.29 is 4.79 Å². The van der Waals surface area contributed by atoms with Crippen molar-refractivity contribution in [3.05, 3.63) is 82.5 Å². The van der Waals surface area contributed by atoms with Crippen LogP contribution in [0.5, 0.6) is 0 Å². The van der Waals surface area contributed by atoms with Gasteiger partial charge in [-0.1, -0.05) is 41.4 Å². The van der Waals surface area contributed by atoms with Crippen molar-refractivity contribution in [2.24, 2.45) is 0 Å². The maximum Gasteiger partial charge on any atom is 0.256 e. The first kappa shape index (κ1) is 15.3. The van der Waals surface area contributed by atoms with E-state index in [0.717, 1.165) is 11.1 Å². The molecule has 0 aliphatic heterocycles. The summed E-state index contributed by atoms with van der Waals surface area (Å²) in [5.41, 5.74) is 2.76. The number of halogens is 1. The number of aryl methyl sites for hydroxylation is 1. The van der Waals surface area contributed by atoms with Gasteiger partial charge in [-0.2, -0.15) is 5.10 Å². The van der Waals surface area contributed by atoms with Gasteiger partial charge >= 0.3 is 0 Å². The molecule has 1 amide bonds. The summed E-state index contributed by atoms with van der Waals surface area (Å²) in [4.78, 5) is 12.3. The van der Waals surface area contributed by atoms with E-state index in [4.69, 9.17) is 11.6 Å². The maximum atomic E-state index is 12.3. The predicted molar refractivity (Wildman–Crippen MR) is 91.9 cm³/mol. The molecule has 0 unspecified atom stereocenters. The molecule has 1 heterocycles. The number of nitrogens with one attached hydrogen (secondary N) is 1. The highest BCUT2D eigenvalue weighted by atomic mass is 35.5. The number of hydrogen-bond acceptors (Lipinski definition) is 2. The fourth-order valence-corrected chi connectivity index (χ4v) is 2.48. The van der Waals surface area contributed by atoms with Crippen LogP contribution < -0.4 is 5.32 Å². The van der Waals surface area contributed by atoms with E-state index in [0.29, 0.717) is 22.9 Å². The van der Waals surface area contributed by atoms with Crippen LogP contribution in [0.15, 0.2) is 60.8 Å². The molecule has 0 fully saturated rings. The van der Waals surface area contributed by atoms with E-state index < -0.39 is 0 Å². The molecule has 0 saturated heterocycles. The fourth-order valence-electron chi connectivity index (χ4n) is 2.27. The Hall–Kier alpha value is -2.59. The molecule has 0 bridgehead atoms. The van der Waals surface area contributed by atoms with E-state index in [9.17, 15) is 4.79 Å². The Morgan fingerprint density at radius 1 is 1.17 bits per heavy atom. The quantitative estimate of drug-likeness (QED) is 0.783. The molecule has 3 rings (SSSR count). The topological polar surface area (TPSA) is 46.9 Å². The number of aromatic nitrogens is 2. The average molecular weight is 326 g/mol. The molecular weight excluding hydrogens is 310 g/mol. The molecule has 0 aliphatic carbocycles. The molecule has 2 aromatic carbocycles. The van der Waals surface area contributed by atoms with Crippen LogP contribution in [-0.2, 0) is 6.54 Å². The zero-order chi connectivity index (χ0) is 16.2. The first-order chi connectivity index (χ1) is 11.1. The lowest BCUT2D eigenvalue weighted by Gasteiger charge is -2.09. The van der Waals surface area contributed by atoms with Crippen LogP contribution in [0.1, 0.15) is 21.5 Å². The SMILES string of the molecule is Cc1ccc(C(=O)Nc2ccnn2Cc2cccc(Cl)c2)cc1. The molecule has 1 N–H and O–H groups in total. The summed E-state index contributed by atoms with van der Waals surface area (Å²) >= 11 is 6.00. The largest absolute Gasteiger partial charge is 0.307 e. The molecule has 0 atom stereocenters. The molecular formula is C18H16ClN3O.